The Kier molecular flexibility index (Phi) is 3.77. The van der Waals surface area contributed by atoms with Crippen LogP contribution in [-0.4, -0.2) is 15.0 Å². The predicted octanol–water partition coefficient (Wildman–Crippen LogP) is 4.40. The molecule has 0 N–H and O–H groups in total. The smallest absolute Gasteiger partial charge is 0.162 e. The fourth-order valence-electron chi connectivity index (χ4n) is 1.52. The standard InChI is InChI=1S/C13H8ClN3S2/c14-10-8-11(19-13-15-6-7-18-13)17-12(16-10)9-4-2-1-3-5-9/h1-8H. The van der Waals surface area contributed by atoms with Crippen molar-refractivity contribution < 1.29 is 0 Å². The van der Waals surface area contributed by atoms with Crippen molar-refractivity contribution in [3.05, 3.63) is 53.1 Å². The van der Waals surface area contributed by atoms with E-state index in [0.717, 1.165) is 14.9 Å². The van der Waals surface area contributed by atoms with E-state index < -0.39 is 0 Å². The zero-order valence-corrected chi connectivity index (χ0v) is 12.0. The Balaban J connectivity index is 1.97. The van der Waals surface area contributed by atoms with Gasteiger partial charge in [-0.3, -0.25) is 0 Å². The first kappa shape index (κ1) is 12.6. The molecule has 0 amide bonds. The fraction of sp³-hybridized carbons (Fsp3) is 0. The molecule has 0 unspecified atom stereocenters. The summed E-state index contributed by atoms with van der Waals surface area (Å²) in [6.45, 7) is 0. The average molecular weight is 306 g/mol. The van der Waals surface area contributed by atoms with Crippen molar-refractivity contribution in [3.63, 3.8) is 0 Å². The first-order valence-electron chi connectivity index (χ1n) is 5.48. The number of aromatic nitrogens is 3. The summed E-state index contributed by atoms with van der Waals surface area (Å²) >= 11 is 9.12. The molecule has 3 rings (SSSR count). The van der Waals surface area contributed by atoms with E-state index in [2.05, 4.69) is 15.0 Å². The highest BCUT2D eigenvalue weighted by Crippen LogP contribution is 2.30. The Bertz CT molecular complexity index is 672. The minimum absolute atomic E-state index is 0.438. The molecule has 2 heterocycles. The van der Waals surface area contributed by atoms with Gasteiger partial charge in [-0.15, -0.1) is 11.3 Å². The van der Waals surface area contributed by atoms with Crippen molar-refractivity contribution >= 4 is 34.7 Å². The molecule has 0 aliphatic carbocycles. The molecule has 94 valence electrons. The first-order valence-corrected chi connectivity index (χ1v) is 7.56. The lowest BCUT2D eigenvalue weighted by atomic mass is 10.2. The second kappa shape index (κ2) is 5.69. The molecule has 0 atom stereocenters. The Morgan fingerprint density at radius 3 is 2.68 bits per heavy atom. The number of nitrogens with zero attached hydrogens (tertiary/aromatic N) is 3. The van der Waals surface area contributed by atoms with Crippen molar-refractivity contribution in [1.29, 1.82) is 0 Å². The van der Waals surface area contributed by atoms with Crippen LogP contribution in [0, 0.1) is 0 Å². The van der Waals surface area contributed by atoms with Gasteiger partial charge >= 0.3 is 0 Å². The molecule has 19 heavy (non-hydrogen) atoms. The number of hydrogen-bond donors (Lipinski definition) is 0. The van der Waals surface area contributed by atoms with Gasteiger partial charge < -0.3 is 0 Å². The van der Waals surface area contributed by atoms with Gasteiger partial charge in [-0.05, 0) is 11.8 Å². The molecule has 0 aliphatic rings. The van der Waals surface area contributed by atoms with E-state index in [-0.39, 0.29) is 0 Å². The summed E-state index contributed by atoms with van der Waals surface area (Å²) in [5.74, 6) is 0.632. The molecule has 2 aromatic heterocycles. The molecule has 0 aliphatic heterocycles. The van der Waals surface area contributed by atoms with Crippen LogP contribution in [0.25, 0.3) is 11.4 Å². The molecule has 0 saturated carbocycles. The van der Waals surface area contributed by atoms with Crippen LogP contribution in [0.15, 0.2) is 57.3 Å². The summed E-state index contributed by atoms with van der Waals surface area (Å²) in [6, 6.07) is 11.5. The van der Waals surface area contributed by atoms with Crippen LogP contribution in [0.2, 0.25) is 5.15 Å². The van der Waals surface area contributed by atoms with E-state index in [4.69, 9.17) is 11.6 Å². The summed E-state index contributed by atoms with van der Waals surface area (Å²) in [4.78, 5) is 13.0. The third kappa shape index (κ3) is 3.12. The van der Waals surface area contributed by atoms with Gasteiger partial charge in [0.05, 0.1) is 0 Å². The highest BCUT2D eigenvalue weighted by molar-refractivity contribution is 8.01. The molecule has 0 fully saturated rings. The maximum Gasteiger partial charge on any atom is 0.162 e. The summed E-state index contributed by atoms with van der Waals surface area (Å²) < 4.78 is 0.939. The van der Waals surface area contributed by atoms with Crippen molar-refractivity contribution in [2.45, 2.75) is 9.37 Å². The molecular formula is C13H8ClN3S2. The summed E-state index contributed by atoms with van der Waals surface area (Å²) in [6.07, 6.45) is 1.77. The van der Waals surface area contributed by atoms with Crippen LogP contribution in [-0.2, 0) is 0 Å². The summed E-state index contributed by atoms with van der Waals surface area (Å²) in [7, 11) is 0. The van der Waals surface area contributed by atoms with E-state index in [1.54, 1.807) is 23.6 Å². The first-order chi connectivity index (χ1) is 9.31. The quantitative estimate of drug-likeness (QED) is 0.672. The van der Waals surface area contributed by atoms with Crippen LogP contribution < -0.4 is 0 Å². The Hall–Kier alpha value is -1.43. The van der Waals surface area contributed by atoms with Gasteiger partial charge in [0.15, 0.2) is 10.2 Å². The molecular weight excluding hydrogens is 298 g/mol. The normalized spacial score (nSPS) is 10.6. The Morgan fingerprint density at radius 1 is 1.11 bits per heavy atom. The lowest BCUT2D eigenvalue weighted by Crippen LogP contribution is -1.91. The van der Waals surface area contributed by atoms with E-state index >= 15 is 0 Å². The zero-order valence-electron chi connectivity index (χ0n) is 9.65. The predicted molar refractivity (Wildman–Crippen MR) is 78.7 cm³/mol. The van der Waals surface area contributed by atoms with Crippen LogP contribution >= 0.6 is 34.7 Å². The van der Waals surface area contributed by atoms with E-state index in [0.29, 0.717) is 11.0 Å². The van der Waals surface area contributed by atoms with Gasteiger partial charge in [0.1, 0.15) is 10.2 Å². The molecule has 0 saturated heterocycles. The lowest BCUT2D eigenvalue weighted by molar-refractivity contribution is 1.06. The summed E-state index contributed by atoms with van der Waals surface area (Å²) in [5.41, 5.74) is 0.950. The largest absolute Gasteiger partial charge is 0.238 e. The SMILES string of the molecule is Clc1cc(Sc2nccs2)nc(-c2ccccc2)n1. The lowest BCUT2D eigenvalue weighted by Gasteiger charge is -2.03. The monoisotopic (exact) mass is 305 g/mol. The minimum Gasteiger partial charge on any atom is -0.238 e. The fourth-order valence-corrected chi connectivity index (χ4v) is 3.33. The van der Waals surface area contributed by atoms with Gasteiger partial charge in [-0.1, -0.05) is 41.9 Å². The van der Waals surface area contributed by atoms with Crippen LogP contribution in [0.5, 0.6) is 0 Å². The molecule has 0 spiro atoms. The molecule has 3 nitrogen and oxygen atoms in total. The van der Waals surface area contributed by atoms with Crippen LogP contribution in [0.1, 0.15) is 0 Å². The van der Waals surface area contributed by atoms with Crippen LogP contribution in [0.4, 0.5) is 0 Å². The highest BCUT2D eigenvalue weighted by Gasteiger charge is 2.08. The van der Waals surface area contributed by atoms with Crippen molar-refractivity contribution in [3.8, 4) is 11.4 Å². The van der Waals surface area contributed by atoms with E-state index in [1.165, 1.54) is 11.8 Å². The van der Waals surface area contributed by atoms with Crippen molar-refractivity contribution in [2.75, 3.05) is 0 Å². The van der Waals surface area contributed by atoms with Gasteiger partial charge in [0.25, 0.3) is 0 Å². The van der Waals surface area contributed by atoms with Gasteiger partial charge in [-0.2, -0.15) is 0 Å². The second-order valence-electron chi connectivity index (χ2n) is 3.62. The van der Waals surface area contributed by atoms with E-state index in [9.17, 15) is 0 Å². The number of rotatable bonds is 3. The maximum atomic E-state index is 6.06. The molecule has 1 aromatic carbocycles. The summed E-state index contributed by atoms with van der Waals surface area (Å²) in [5, 5.41) is 3.17. The maximum absolute atomic E-state index is 6.06. The number of hydrogen-bond acceptors (Lipinski definition) is 5. The van der Waals surface area contributed by atoms with Gasteiger partial charge in [0.2, 0.25) is 0 Å². The zero-order chi connectivity index (χ0) is 13.1. The molecule has 3 aromatic rings. The topological polar surface area (TPSA) is 38.7 Å². The minimum atomic E-state index is 0.438. The van der Waals surface area contributed by atoms with Crippen molar-refractivity contribution in [1.82, 2.24) is 15.0 Å². The number of halogens is 1. The van der Waals surface area contributed by atoms with Crippen molar-refractivity contribution in [2.24, 2.45) is 0 Å². The van der Waals surface area contributed by atoms with E-state index in [1.807, 2.05) is 35.7 Å². The average Bonchev–Trinajstić information content (AvgIpc) is 2.92. The third-order valence-corrected chi connectivity index (χ3v) is 4.30. The van der Waals surface area contributed by atoms with Gasteiger partial charge in [-0.25, -0.2) is 15.0 Å². The number of benzene rings is 1. The second-order valence-corrected chi connectivity index (χ2v) is 6.17. The van der Waals surface area contributed by atoms with Crippen LogP contribution in [0.3, 0.4) is 0 Å². The highest BCUT2D eigenvalue weighted by atomic mass is 35.5. The molecule has 0 bridgehead atoms. The van der Waals surface area contributed by atoms with Gasteiger partial charge in [0, 0.05) is 23.2 Å². The number of thiazole rings is 1. The third-order valence-electron chi connectivity index (χ3n) is 2.30. The molecule has 0 radical (unpaired) electrons. The Morgan fingerprint density at radius 2 is 1.95 bits per heavy atom. The Labute approximate surface area is 123 Å². The molecule has 6 heteroatoms.